The van der Waals surface area contributed by atoms with Crippen LogP contribution in [-0.2, 0) is 0 Å². The number of nitrogens with one attached hydrogen (secondary N) is 1. The maximum Gasteiger partial charge on any atom is 0.00683 e. The Bertz CT molecular complexity index is 279. The summed E-state index contributed by atoms with van der Waals surface area (Å²) in [7, 11) is 0. The molecule has 1 spiro atoms. The summed E-state index contributed by atoms with van der Waals surface area (Å²) >= 11 is 0. The van der Waals surface area contributed by atoms with E-state index in [-0.39, 0.29) is 0 Å². The van der Waals surface area contributed by atoms with Crippen molar-refractivity contribution < 1.29 is 0 Å². The van der Waals surface area contributed by atoms with Crippen molar-refractivity contribution in [2.24, 2.45) is 23.2 Å². The average molecular weight is 219 g/mol. The fourth-order valence-electron chi connectivity index (χ4n) is 4.29. The van der Waals surface area contributed by atoms with E-state index >= 15 is 0 Å². The van der Waals surface area contributed by atoms with Crippen LogP contribution in [0.1, 0.15) is 57.8 Å². The van der Waals surface area contributed by atoms with Gasteiger partial charge in [-0.05, 0) is 74.7 Å². The lowest BCUT2D eigenvalue weighted by Gasteiger charge is -2.30. The summed E-state index contributed by atoms with van der Waals surface area (Å²) in [4.78, 5) is 0. The Labute approximate surface area is 99.4 Å². The molecule has 0 amide bonds. The second kappa shape index (κ2) is 3.48. The molecule has 0 aromatic carbocycles. The minimum atomic E-state index is 0.841. The maximum atomic E-state index is 3.75. The summed E-state index contributed by atoms with van der Waals surface area (Å²) in [5.41, 5.74) is 0.841. The second-order valence-electron chi connectivity index (χ2n) is 7.14. The second-order valence-corrected chi connectivity index (χ2v) is 7.14. The van der Waals surface area contributed by atoms with Crippen LogP contribution in [0.5, 0.6) is 0 Å². The van der Waals surface area contributed by atoms with Crippen molar-refractivity contribution in [3.05, 3.63) is 0 Å². The van der Waals surface area contributed by atoms with Crippen molar-refractivity contribution in [3.8, 4) is 0 Å². The first-order valence-electron chi connectivity index (χ1n) is 7.59. The van der Waals surface area contributed by atoms with Crippen LogP contribution in [0, 0.1) is 23.2 Å². The monoisotopic (exact) mass is 219 g/mol. The molecule has 0 radical (unpaired) electrons. The molecular weight excluding hydrogens is 194 g/mol. The largest absolute Gasteiger partial charge is 0.314 e. The van der Waals surface area contributed by atoms with E-state index in [4.69, 9.17) is 0 Å². The van der Waals surface area contributed by atoms with Gasteiger partial charge in [0.15, 0.2) is 0 Å². The lowest BCUT2D eigenvalue weighted by Crippen LogP contribution is -2.25. The van der Waals surface area contributed by atoms with E-state index in [9.17, 15) is 0 Å². The highest BCUT2D eigenvalue weighted by molar-refractivity contribution is 5.07. The SMILES string of the molecule is C1CC(C2CC2)CC2(C1)CC2CNC1CC1. The Kier molecular flexibility index (Phi) is 2.16. The lowest BCUT2D eigenvalue weighted by atomic mass is 9.75. The quantitative estimate of drug-likeness (QED) is 0.764. The standard InChI is InChI=1S/C15H25N/c1-2-12(11-3-4-11)8-15(7-1)9-13(15)10-16-14-5-6-14/h11-14,16H,1-10H2. The third kappa shape index (κ3) is 1.81. The topological polar surface area (TPSA) is 12.0 Å². The highest BCUT2D eigenvalue weighted by atomic mass is 15.0. The smallest absolute Gasteiger partial charge is 0.00683 e. The van der Waals surface area contributed by atoms with E-state index in [1.54, 1.807) is 44.9 Å². The van der Waals surface area contributed by atoms with E-state index < -0.39 is 0 Å². The Morgan fingerprint density at radius 1 is 0.938 bits per heavy atom. The molecule has 4 fully saturated rings. The minimum Gasteiger partial charge on any atom is -0.314 e. The summed E-state index contributed by atoms with van der Waals surface area (Å²) in [6.07, 6.45) is 13.9. The van der Waals surface area contributed by atoms with Gasteiger partial charge < -0.3 is 5.32 Å². The summed E-state index contributed by atoms with van der Waals surface area (Å²) in [6, 6.07) is 0.917. The summed E-state index contributed by atoms with van der Waals surface area (Å²) in [5, 5.41) is 3.75. The first-order valence-corrected chi connectivity index (χ1v) is 7.59. The van der Waals surface area contributed by atoms with E-state index in [0.717, 1.165) is 29.2 Å². The van der Waals surface area contributed by atoms with Gasteiger partial charge in [-0.15, -0.1) is 0 Å². The molecule has 90 valence electrons. The van der Waals surface area contributed by atoms with Gasteiger partial charge in [-0.3, -0.25) is 0 Å². The van der Waals surface area contributed by atoms with Crippen molar-refractivity contribution in [2.45, 2.75) is 63.8 Å². The molecule has 3 unspecified atom stereocenters. The van der Waals surface area contributed by atoms with Crippen LogP contribution in [0.25, 0.3) is 0 Å². The third-order valence-electron chi connectivity index (χ3n) is 5.80. The van der Waals surface area contributed by atoms with E-state index in [2.05, 4.69) is 5.32 Å². The van der Waals surface area contributed by atoms with Crippen LogP contribution >= 0.6 is 0 Å². The van der Waals surface area contributed by atoms with Gasteiger partial charge in [0, 0.05) is 6.04 Å². The van der Waals surface area contributed by atoms with E-state index in [0.29, 0.717) is 0 Å². The average Bonchev–Trinajstić information content (AvgIpc) is 3.13. The molecule has 1 heteroatoms. The van der Waals surface area contributed by atoms with E-state index in [1.165, 1.54) is 19.4 Å². The van der Waals surface area contributed by atoms with Gasteiger partial charge in [0.05, 0.1) is 0 Å². The molecule has 0 aliphatic heterocycles. The first-order chi connectivity index (χ1) is 7.86. The molecular formula is C15H25N. The van der Waals surface area contributed by atoms with Crippen LogP contribution < -0.4 is 5.32 Å². The summed E-state index contributed by atoms with van der Waals surface area (Å²) < 4.78 is 0. The van der Waals surface area contributed by atoms with Gasteiger partial charge in [0.25, 0.3) is 0 Å². The molecule has 1 N–H and O–H groups in total. The van der Waals surface area contributed by atoms with Gasteiger partial charge in [-0.25, -0.2) is 0 Å². The van der Waals surface area contributed by atoms with Crippen molar-refractivity contribution in [2.75, 3.05) is 6.54 Å². The highest BCUT2D eigenvalue weighted by Gasteiger charge is 2.56. The van der Waals surface area contributed by atoms with Crippen LogP contribution in [0.15, 0.2) is 0 Å². The fourth-order valence-corrected chi connectivity index (χ4v) is 4.29. The lowest BCUT2D eigenvalue weighted by molar-refractivity contribution is 0.208. The zero-order chi connectivity index (χ0) is 10.6. The number of rotatable bonds is 4. The van der Waals surface area contributed by atoms with Gasteiger partial charge in [-0.1, -0.05) is 12.8 Å². The normalized spacial score (nSPS) is 47.2. The zero-order valence-corrected chi connectivity index (χ0v) is 10.4. The van der Waals surface area contributed by atoms with Crippen molar-refractivity contribution in [3.63, 3.8) is 0 Å². The molecule has 0 saturated heterocycles. The summed E-state index contributed by atoms with van der Waals surface area (Å²) in [6.45, 7) is 1.35. The number of hydrogen-bond acceptors (Lipinski definition) is 1. The molecule has 0 bridgehead atoms. The molecule has 0 heterocycles. The van der Waals surface area contributed by atoms with Crippen LogP contribution in [-0.4, -0.2) is 12.6 Å². The Balaban J connectivity index is 1.32. The third-order valence-corrected chi connectivity index (χ3v) is 5.80. The first kappa shape index (κ1) is 9.94. The Hall–Kier alpha value is -0.0400. The fraction of sp³-hybridized carbons (Fsp3) is 1.00. The van der Waals surface area contributed by atoms with Gasteiger partial charge >= 0.3 is 0 Å². The molecule has 0 aromatic rings. The highest BCUT2D eigenvalue weighted by Crippen LogP contribution is 2.64. The molecule has 3 atom stereocenters. The van der Waals surface area contributed by atoms with Gasteiger partial charge in [-0.2, -0.15) is 0 Å². The molecule has 16 heavy (non-hydrogen) atoms. The molecule has 4 saturated carbocycles. The predicted octanol–water partition coefficient (Wildman–Crippen LogP) is 3.34. The van der Waals surface area contributed by atoms with Crippen molar-refractivity contribution in [1.29, 1.82) is 0 Å². The van der Waals surface area contributed by atoms with Crippen LogP contribution in [0.3, 0.4) is 0 Å². The molecule has 1 nitrogen and oxygen atoms in total. The molecule has 4 aliphatic rings. The maximum absolute atomic E-state index is 3.75. The Morgan fingerprint density at radius 2 is 1.81 bits per heavy atom. The number of hydrogen-bond donors (Lipinski definition) is 1. The van der Waals surface area contributed by atoms with E-state index in [1.807, 2.05) is 0 Å². The van der Waals surface area contributed by atoms with Gasteiger partial charge in [0.2, 0.25) is 0 Å². The van der Waals surface area contributed by atoms with Crippen LogP contribution in [0.2, 0.25) is 0 Å². The Morgan fingerprint density at radius 3 is 2.56 bits per heavy atom. The predicted molar refractivity (Wildman–Crippen MR) is 66.2 cm³/mol. The van der Waals surface area contributed by atoms with Crippen LogP contribution in [0.4, 0.5) is 0 Å². The summed E-state index contributed by atoms with van der Waals surface area (Å²) in [5.74, 6) is 3.36. The molecule has 0 aromatic heterocycles. The van der Waals surface area contributed by atoms with Crippen molar-refractivity contribution >= 4 is 0 Å². The molecule has 4 aliphatic carbocycles. The minimum absolute atomic E-state index is 0.841. The zero-order valence-electron chi connectivity index (χ0n) is 10.4. The molecule has 4 rings (SSSR count). The van der Waals surface area contributed by atoms with Gasteiger partial charge in [0.1, 0.15) is 0 Å². The van der Waals surface area contributed by atoms with Crippen molar-refractivity contribution in [1.82, 2.24) is 5.32 Å².